The van der Waals surface area contributed by atoms with Crippen LogP contribution in [0.25, 0.3) is 10.1 Å². The SMILES string of the molecule is COc1ccc2c(Cl)c(C(=O)NC(=S)Nc3ccc(N=Nc4ccccc4)cc3)sc2c1. The van der Waals surface area contributed by atoms with Crippen LogP contribution in [0.2, 0.25) is 5.02 Å². The largest absolute Gasteiger partial charge is 0.497 e. The van der Waals surface area contributed by atoms with Crippen molar-refractivity contribution in [3.05, 3.63) is 82.7 Å². The number of thiophene rings is 1. The summed E-state index contributed by atoms with van der Waals surface area (Å²) in [5.41, 5.74) is 2.18. The average molecular weight is 481 g/mol. The van der Waals surface area contributed by atoms with Gasteiger partial charge in [0.25, 0.3) is 5.91 Å². The molecular formula is C23H17ClN4O2S2. The summed E-state index contributed by atoms with van der Waals surface area (Å²) in [6.07, 6.45) is 0. The van der Waals surface area contributed by atoms with E-state index in [0.29, 0.717) is 27.0 Å². The molecule has 0 spiro atoms. The predicted molar refractivity (Wildman–Crippen MR) is 134 cm³/mol. The van der Waals surface area contributed by atoms with Crippen LogP contribution >= 0.6 is 35.2 Å². The van der Waals surface area contributed by atoms with Crippen molar-refractivity contribution in [3.8, 4) is 5.75 Å². The lowest BCUT2D eigenvalue weighted by atomic mass is 10.2. The first-order chi connectivity index (χ1) is 15.5. The number of ether oxygens (including phenoxy) is 1. The minimum absolute atomic E-state index is 0.166. The molecular weight excluding hydrogens is 464 g/mol. The normalized spacial score (nSPS) is 10.9. The van der Waals surface area contributed by atoms with Gasteiger partial charge in [0.15, 0.2) is 5.11 Å². The molecule has 2 N–H and O–H groups in total. The molecule has 6 nitrogen and oxygen atoms in total. The molecule has 0 unspecified atom stereocenters. The Morgan fingerprint density at radius 2 is 1.69 bits per heavy atom. The quantitative estimate of drug-likeness (QED) is 0.236. The Hall–Kier alpha value is -3.33. The summed E-state index contributed by atoms with van der Waals surface area (Å²) in [5.74, 6) is 0.326. The standard InChI is InChI=1S/C23H17ClN4O2S2/c1-30-17-11-12-18-19(13-17)32-21(20(18)24)22(29)26-23(31)25-14-7-9-16(10-8-14)28-27-15-5-3-2-4-6-15/h2-13H,1H3,(H2,25,26,29,31). The number of azo groups is 1. The highest BCUT2D eigenvalue weighted by Gasteiger charge is 2.18. The minimum Gasteiger partial charge on any atom is -0.497 e. The van der Waals surface area contributed by atoms with Crippen LogP contribution in [0.4, 0.5) is 17.1 Å². The van der Waals surface area contributed by atoms with E-state index in [4.69, 9.17) is 28.6 Å². The number of nitrogens with zero attached hydrogens (tertiary/aromatic N) is 2. The Labute approximate surface area is 198 Å². The molecule has 0 aliphatic carbocycles. The molecule has 0 fully saturated rings. The van der Waals surface area contributed by atoms with Crippen LogP contribution in [-0.4, -0.2) is 18.1 Å². The van der Waals surface area contributed by atoms with Crippen molar-refractivity contribution in [1.29, 1.82) is 0 Å². The summed E-state index contributed by atoms with van der Waals surface area (Å²) in [4.78, 5) is 13.1. The van der Waals surface area contributed by atoms with Gasteiger partial charge in [-0.3, -0.25) is 10.1 Å². The monoisotopic (exact) mass is 480 g/mol. The zero-order chi connectivity index (χ0) is 22.5. The average Bonchev–Trinajstić information content (AvgIpc) is 3.15. The Kier molecular flexibility index (Phi) is 6.75. The molecule has 0 aliphatic rings. The lowest BCUT2D eigenvalue weighted by Gasteiger charge is -2.09. The first-order valence-corrected chi connectivity index (χ1v) is 11.1. The third kappa shape index (κ3) is 5.11. The first kappa shape index (κ1) is 21.9. The number of anilines is 1. The minimum atomic E-state index is -0.374. The molecule has 4 rings (SSSR count). The molecule has 1 amide bonds. The van der Waals surface area contributed by atoms with E-state index in [1.807, 2.05) is 42.5 Å². The topological polar surface area (TPSA) is 75.1 Å². The van der Waals surface area contributed by atoms with Crippen LogP contribution in [0.3, 0.4) is 0 Å². The van der Waals surface area contributed by atoms with Gasteiger partial charge >= 0.3 is 0 Å². The van der Waals surface area contributed by atoms with E-state index in [1.165, 1.54) is 11.3 Å². The molecule has 0 saturated carbocycles. The zero-order valence-corrected chi connectivity index (χ0v) is 19.2. The Morgan fingerprint density at radius 3 is 2.38 bits per heavy atom. The Bertz CT molecular complexity index is 1310. The molecule has 0 bridgehead atoms. The number of benzene rings is 3. The fraction of sp³-hybridized carbons (Fsp3) is 0.0435. The van der Waals surface area contributed by atoms with Crippen molar-refractivity contribution in [2.75, 3.05) is 12.4 Å². The van der Waals surface area contributed by atoms with E-state index >= 15 is 0 Å². The van der Waals surface area contributed by atoms with Crippen LogP contribution < -0.4 is 15.4 Å². The van der Waals surface area contributed by atoms with Crippen molar-refractivity contribution in [2.24, 2.45) is 10.2 Å². The number of halogens is 1. The van der Waals surface area contributed by atoms with Crippen molar-refractivity contribution < 1.29 is 9.53 Å². The van der Waals surface area contributed by atoms with Gasteiger partial charge in [-0.05, 0) is 66.8 Å². The predicted octanol–water partition coefficient (Wildman–Crippen LogP) is 7.11. The molecule has 0 atom stereocenters. The van der Waals surface area contributed by atoms with E-state index < -0.39 is 0 Å². The lowest BCUT2D eigenvalue weighted by molar-refractivity contribution is 0.0982. The van der Waals surface area contributed by atoms with Gasteiger partial charge in [0.05, 0.1) is 23.5 Å². The molecule has 3 aromatic carbocycles. The van der Waals surface area contributed by atoms with E-state index in [0.717, 1.165) is 15.8 Å². The maximum atomic E-state index is 12.7. The summed E-state index contributed by atoms with van der Waals surface area (Å²) >= 11 is 13.0. The second-order valence-corrected chi connectivity index (χ2v) is 8.44. The first-order valence-electron chi connectivity index (χ1n) is 9.49. The van der Waals surface area contributed by atoms with Gasteiger partial charge in [-0.2, -0.15) is 10.2 Å². The summed E-state index contributed by atoms with van der Waals surface area (Å²) < 4.78 is 6.09. The highest BCUT2D eigenvalue weighted by Crippen LogP contribution is 2.37. The number of nitrogens with one attached hydrogen (secondary N) is 2. The Balaban J connectivity index is 1.39. The number of rotatable bonds is 5. The highest BCUT2D eigenvalue weighted by molar-refractivity contribution is 7.80. The summed E-state index contributed by atoms with van der Waals surface area (Å²) in [6, 6.07) is 22.2. The number of fused-ring (bicyclic) bond motifs is 1. The van der Waals surface area contributed by atoms with Gasteiger partial charge in [-0.25, -0.2) is 0 Å². The van der Waals surface area contributed by atoms with Gasteiger partial charge in [0.1, 0.15) is 10.6 Å². The van der Waals surface area contributed by atoms with Crippen LogP contribution in [-0.2, 0) is 0 Å². The maximum Gasteiger partial charge on any atom is 0.269 e. The van der Waals surface area contributed by atoms with Crippen LogP contribution in [0, 0.1) is 0 Å². The van der Waals surface area contributed by atoms with Gasteiger partial charge in [0, 0.05) is 15.8 Å². The van der Waals surface area contributed by atoms with E-state index in [9.17, 15) is 4.79 Å². The number of hydrogen-bond donors (Lipinski definition) is 2. The van der Waals surface area contributed by atoms with Crippen molar-refractivity contribution in [2.45, 2.75) is 0 Å². The van der Waals surface area contributed by atoms with Gasteiger partial charge in [-0.15, -0.1) is 11.3 Å². The second kappa shape index (κ2) is 9.86. The van der Waals surface area contributed by atoms with Crippen LogP contribution in [0.15, 0.2) is 83.0 Å². The Morgan fingerprint density at radius 1 is 1.00 bits per heavy atom. The van der Waals surface area contributed by atoms with Gasteiger partial charge in [-0.1, -0.05) is 29.8 Å². The van der Waals surface area contributed by atoms with Crippen molar-refractivity contribution >= 4 is 73.3 Å². The number of thiocarbonyl (C=S) groups is 1. The zero-order valence-electron chi connectivity index (χ0n) is 16.8. The summed E-state index contributed by atoms with van der Waals surface area (Å²) in [7, 11) is 1.59. The summed E-state index contributed by atoms with van der Waals surface area (Å²) in [5, 5.41) is 15.4. The molecule has 1 aromatic heterocycles. The van der Waals surface area contributed by atoms with E-state index in [-0.39, 0.29) is 11.0 Å². The third-order valence-electron chi connectivity index (χ3n) is 4.43. The third-order valence-corrected chi connectivity index (χ3v) is 6.29. The van der Waals surface area contributed by atoms with Gasteiger partial charge < -0.3 is 10.1 Å². The van der Waals surface area contributed by atoms with Crippen LogP contribution in [0.1, 0.15) is 9.67 Å². The number of carbonyl (C=O) groups excluding carboxylic acids is 1. The fourth-order valence-electron chi connectivity index (χ4n) is 2.86. The van der Waals surface area contributed by atoms with E-state index in [2.05, 4.69) is 20.9 Å². The molecule has 9 heteroatoms. The van der Waals surface area contributed by atoms with Crippen molar-refractivity contribution in [3.63, 3.8) is 0 Å². The molecule has 0 aliphatic heterocycles. The van der Waals surface area contributed by atoms with Gasteiger partial charge in [0.2, 0.25) is 0 Å². The van der Waals surface area contributed by atoms with Crippen molar-refractivity contribution in [1.82, 2.24) is 5.32 Å². The molecule has 1 heterocycles. The fourth-order valence-corrected chi connectivity index (χ4v) is 4.51. The molecule has 160 valence electrons. The lowest BCUT2D eigenvalue weighted by Crippen LogP contribution is -2.33. The highest BCUT2D eigenvalue weighted by atomic mass is 35.5. The van der Waals surface area contributed by atoms with E-state index in [1.54, 1.807) is 37.4 Å². The second-order valence-electron chi connectivity index (χ2n) is 6.60. The number of hydrogen-bond acceptors (Lipinski definition) is 6. The number of methoxy groups -OCH3 is 1. The molecule has 32 heavy (non-hydrogen) atoms. The molecule has 0 saturated heterocycles. The maximum absolute atomic E-state index is 12.7. The smallest absolute Gasteiger partial charge is 0.269 e. The molecule has 0 radical (unpaired) electrons. The summed E-state index contributed by atoms with van der Waals surface area (Å²) in [6.45, 7) is 0. The molecule has 4 aromatic rings. The van der Waals surface area contributed by atoms with Crippen LogP contribution in [0.5, 0.6) is 5.75 Å². The number of carbonyl (C=O) groups is 1. The number of amides is 1.